The maximum absolute atomic E-state index is 5.94. The third-order valence-corrected chi connectivity index (χ3v) is 4.06. The summed E-state index contributed by atoms with van der Waals surface area (Å²) < 4.78 is 5.94. The van der Waals surface area contributed by atoms with Crippen molar-refractivity contribution in [2.45, 2.75) is 45.1 Å². The fourth-order valence-corrected chi connectivity index (χ4v) is 2.94. The number of ether oxygens (including phenoxy) is 1. The molecule has 1 aromatic rings. The second-order valence-corrected chi connectivity index (χ2v) is 5.58. The molecule has 1 saturated carbocycles. The Hall–Kier alpha value is -1.02. The van der Waals surface area contributed by atoms with Gasteiger partial charge in [-0.3, -0.25) is 0 Å². The highest BCUT2D eigenvalue weighted by Gasteiger charge is 2.28. The summed E-state index contributed by atoms with van der Waals surface area (Å²) in [5, 5.41) is 3.64. The number of nitrogens with one attached hydrogen (secondary N) is 1. The fourth-order valence-electron chi connectivity index (χ4n) is 2.94. The number of benzene rings is 1. The van der Waals surface area contributed by atoms with Crippen molar-refractivity contribution in [3.8, 4) is 5.75 Å². The molecular formula is C16H23NO. The highest BCUT2D eigenvalue weighted by Crippen LogP contribution is 2.41. The van der Waals surface area contributed by atoms with Crippen molar-refractivity contribution in [1.82, 2.24) is 5.32 Å². The van der Waals surface area contributed by atoms with Crippen LogP contribution in [0.2, 0.25) is 0 Å². The first-order chi connectivity index (χ1) is 8.88. The van der Waals surface area contributed by atoms with Gasteiger partial charge >= 0.3 is 0 Å². The Morgan fingerprint density at radius 2 is 2.28 bits per heavy atom. The quantitative estimate of drug-likeness (QED) is 0.857. The average Bonchev–Trinajstić information content (AvgIpc) is 3.22. The van der Waals surface area contributed by atoms with E-state index in [-0.39, 0.29) is 0 Å². The molecule has 3 rings (SSSR count). The molecule has 0 saturated heterocycles. The van der Waals surface area contributed by atoms with E-state index >= 15 is 0 Å². The molecule has 1 N–H and O–H groups in total. The van der Waals surface area contributed by atoms with E-state index in [1.807, 2.05) is 0 Å². The lowest BCUT2D eigenvalue weighted by molar-refractivity contribution is 0.280. The lowest BCUT2D eigenvalue weighted by Gasteiger charge is -2.25. The summed E-state index contributed by atoms with van der Waals surface area (Å²) in [6.07, 6.45) is 6.43. The molecule has 0 spiro atoms. The third-order valence-electron chi connectivity index (χ3n) is 4.06. The molecule has 1 aliphatic carbocycles. The molecule has 1 fully saturated rings. The molecule has 98 valence electrons. The summed E-state index contributed by atoms with van der Waals surface area (Å²) in [5.41, 5.74) is 2.79. The molecule has 0 bridgehead atoms. The van der Waals surface area contributed by atoms with Crippen LogP contribution in [0.3, 0.4) is 0 Å². The van der Waals surface area contributed by atoms with Crippen molar-refractivity contribution in [1.29, 1.82) is 0 Å². The summed E-state index contributed by atoms with van der Waals surface area (Å²) in [5.74, 6) is 2.11. The maximum Gasteiger partial charge on any atom is 0.127 e. The van der Waals surface area contributed by atoms with Crippen molar-refractivity contribution in [3.63, 3.8) is 0 Å². The Morgan fingerprint density at radius 3 is 3.06 bits per heavy atom. The Kier molecular flexibility index (Phi) is 3.55. The van der Waals surface area contributed by atoms with E-state index in [9.17, 15) is 0 Å². The zero-order chi connectivity index (χ0) is 12.4. The fraction of sp³-hybridized carbons (Fsp3) is 0.625. The largest absolute Gasteiger partial charge is 0.493 e. The lowest BCUT2D eigenvalue weighted by Crippen LogP contribution is -2.23. The zero-order valence-corrected chi connectivity index (χ0v) is 11.2. The Labute approximate surface area is 110 Å². The van der Waals surface area contributed by atoms with Gasteiger partial charge in [0, 0.05) is 11.6 Å². The minimum absolute atomic E-state index is 0.482. The average molecular weight is 245 g/mol. The first-order valence-corrected chi connectivity index (χ1v) is 7.36. The van der Waals surface area contributed by atoms with Crippen LogP contribution in [0.4, 0.5) is 0 Å². The number of rotatable bonds is 5. The molecule has 18 heavy (non-hydrogen) atoms. The highest BCUT2D eigenvalue weighted by atomic mass is 16.5. The predicted octanol–water partition coefficient (Wildman–Crippen LogP) is 3.46. The van der Waals surface area contributed by atoms with Crippen LogP contribution in [0, 0.1) is 5.92 Å². The molecule has 1 aromatic carbocycles. The van der Waals surface area contributed by atoms with E-state index in [4.69, 9.17) is 4.74 Å². The zero-order valence-electron chi connectivity index (χ0n) is 11.2. The SMILES string of the molecule is CCNC(CC1CC1)c1cccc2c1OCCC2. The molecular weight excluding hydrogens is 222 g/mol. The first kappa shape index (κ1) is 12.0. The van der Waals surface area contributed by atoms with Gasteiger partial charge in [0.25, 0.3) is 0 Å². The minimum atomic E-state index is 0.482. The minimum Gasteiger partial charge on any atom is -0.493 e. The molecule has 2 nitrogen and oxygen atoms in total. The van der Waals surface area contributed by atoms with Gasteiger partial charge in [0.1, 0.15) is 5.75 Å². The van der Waals surface area contributed by atoms with E-state index in [1.165, 1.54) is 42.6 Å². The van der Waals surface area contributed by atoms with Crippen LogP contribution in [-0.2, 0) is 6.42 Å². The molecule has 1 aliphatic heterocycles. The van der Waals surface area contributed by atoms with Crippen LogP contribution in [-0.4, -0.2) is 13.2 Å². The maximum atomic E-state index is 5.94. The van der Waals surface area contributed by atoms with Gasteiger partial charge in [-0.15, -0.1) is 0 Å². The molecule has 0 radical (unpaired) electrons. The van der Waals surface area contributed by atoms with Gasteiger partial charge in [0.05, 0.1) is 6.61 Å². The molecule has 2 heteroatoms. The van der Waals surface area contributed by atoms with Gasteiger partial charge in [-0.25, -0.2) is 0 Å². The molecule has 1 atom stereocenters. The molecule has 1 heterocycles. The van der Waals surface area contributed by atoms with Crippen molar-refractivity contribution in [2.75, 3.05) is 13.2 Å². The van der Waals surface area contributed by atoms with Crippen LogP contribution in [0.25, 0.3) is 0 Å². The number of para-hydroxylation sites is 1. The lowest BCUT2D eigenvalue weighted by atomic mass is 9.95. The number of fused-ring (bicyclic) bond motifs is 1. The molecule has 0 amide bonds. The van der Waals surface area contributed by atoms with Crippen LogP contribution in [0.1, 0.15) is 49.8 Å². The molecule has 0 aromatic heterocycles. The summed E-state index contributed by atoms with van der Waals surface area (Å²) in [6, 6.07) is 7.15. The van der Waals surface area contributed by atoms with E-state index in [0.717, 1.165) is 25.5 Å². The van der Waals surface area contributed by atoms with E-state index in [0.29, 0.717) is 6.04 Å². The van der Waals surface area contributed by atoms with Crippen molar-refractivity contribution in [3.05, 3.63) is 29.3 Å². The normalized spacial score (nSPS) is 20.1. The monoisotopic (exact) mass is 245 g/mol. The van der Waals surface area contributed by atoms with E-state index in [1.54, 1.807) is 0 Å². The van der Waals surface area contributed by atoms with Crippen LogP contribution < -0.4 is 10.1 Å². The number of hydrogen-bond acceptors (Lipinski definition) is 2. The van der Waals surface area contributed by atoms with Crippen molar-refractivity contribution < 1.29 is 4.74 Å². The van der Waals surface area contributed by atoms with Gasteiger partial charge in [-0.1, -0.05) is 38.0 Å². The van der Waals surface area contributed by atoms with Crippen LogP contribution in [0.15, 0.2) is 18.2 Å². The van der Waals surface area contributed by atoms with Gasteiger partial charge in [0.15, 0.2) is 0 Å². The van der Waals surface area contributed by atoms with E-state index < -0.39 is 0 Å². The smallest absolute Gasteiger partial charge is 0.127 e. The van der Waals surface area contributed by atoms with Gasteiger partial charge < -0.3 is 10.1 Å². The summed E-state index contributed by atoms with van der Waals surface area (Å²) in [7, 11) is 0. The topological polar surface area (TPSA) is 21.3 Å². The van der Waals surface area contributed by atoms with Crippen LogP contribution in [0.5, 0.6) is 5.75 Å². The Morgan fingerprint density at radius 1 is 1.39 bits per heavy atom. The summed E-state index contributed by atoms with van der Waals surface area (Å²) in [4.78, 5) is 0. The highest BCUT2D eigenvalue weighted by molar-refractivity contribution is 5.44. The molecule has 1 unspecified atom stereocenters. The van der Waals surface area contributed by atoms with E-state index in [2.05, 4.69) is 30.4 Å². The Bertz CT molecular complexity index is 412. The predicted molar refractivity (Wildman–Crippen MR) is 74.0 cm³/mol. The Balaban J connectivity index is 1.87. The molecule has 2 aliphatic rings. The standard InChI is InChI=1S/C16H23NO/c1-2-17-15(11-12-8-9-12)14-7-3-5-13-6-4-10-18-16(13)14/h3,5,7,12,15,17H,2,4,6,8-11H2,1H3. The van der Waals surface area contributed by atoms with Gasteiger partial charge in [0.2, 0.25) is 0 Å². The van der Waals surface area contributed by atoms with Crippen LogP contribution >= 0.6 is 0 Å². The van der Waals surface area contributed by atoms with Crippen molar-refractivity contribution >= 4 is 0 Å². The summed E-state index contributed by atoms with van der Waals surface area (Å²) >= 11 is 0. The first-order valence-electron chi connectivity index (χ1n) is 7.36. The number of hydrogen-bond donors (Lipinski definition) is 1. The third kappa shape index (κ3) is 2.54. The van der Waals surface area contributed by atoms with Crippen molar-refractivity contribution in [2.24, 2.45) is 5.92 Å². The second kappa shape index (κ2) is 5.31. The van der Waals surface area contributed by atoms with Gasteiger partial charge in [-0.05, 0) is 37.3 Å². The number of aryl methyl sites for hydroxylation is 1. The van der Waals surface area contributed by atoms with Gasteiger partial charge in [-0.2, -0.15) is 0 Å². The summed E-state index contributed by atoms with van der Waals surface area (Å²) in [6.45, 7) is 4.10. The second-order valence-electron chi connectivity index (χ2n) is 5.58.